The number of aliphatic hydroxyl groups is 1. The monoisotopic (exact) mass is 303 g/mol. The van der Waals surface area contributed by atoms with Crippen LogP contribution < -0.4 is 0 Å². The highest BCUT2D eigenvalue weighted by atomic mass is 16.3. The molecule has 2 aromatic heterocycles. The Morgan fingerprint density at radius 2 is 2.18 bits per heavy atom. The molecule has 0 aromatic carbocycles. The van der Waals surface area contributed by atoms with Crippen molar-refractivity contribution in [1.82, 2.24) is 14.5 Å². The molecule has 0 amide bonds. The Morgan fingerprint density at radius 1 is 1.32 bits per heavy atom. The fourth-order valence-corrected chi connectivity index (χ4v) is 3.20. The molecule has 1 N–H and O–H groups in total. The first-order chi connectivity index (χ1) is 10.7. The van der Waals surface area contributed by atoms with Gasteiger partial charge in [-0.15, -0.1) is 0 Å². The van der Waals surface area contributed by atoms with E-state index in [1.54, 1.807) is 0 Å². The molecule has 1 saturated heterocycles. The highest BCUT2D eigenvalue weighted by Crippen LogP contribution is 2.24. The average Bonchev–Trinajstić information content (AvgIpc) is 3.12. The largest absolute Gasteiger partial charge is 0.458 e. The van der Waals surface area contributed by atoms with Crippen molar-refractivity contribution in [3.05, 3.63) is 29.8 Å². The zero-order chi connectivity index (χ0) is 15.5. The van der Waals surface area contributed by atoms with Crippen molar-refractivity contribution < 1.29 is 9.52 Å². The summed E-state index contributed by atoms with van der Waals surface area (Å²) in [6.07, 6.45) is 7.37. The molecule has 0 aliphatic carbocycles. The lowest BCUT2D eigenvalue weighted by atomic mass is 10.0. The maximum absolute atomic E-state index is 9.51. The van der Waals surface area contributed by atoms with Gasteiger partial charge in [0.25, 0.3) is 0 Å². The third-order valence-electron chi connectivity index (χ3n) is 4.69. The van der Waals surface area contributed by atoms with Crippen LogP contribution in [0.3, 0.4) is 0 Å². The van der Waals surface area contributed by atoms with Gasteiger partial charge in [-0.1, -0.05) is 6.42 Å². The van der Waals surface area contributed by atoms with Gasteiger partial charge in [0.2, 0.25) is 0 Å². The fraction of sp³-hybridized carbons (Fsp3) is 0.588. The van der Waals surface area contributed by atoms with E-state index in [1.807, 2.05) is 25.4 Å². The molecule has 0 radical (unpaired) electrons. The van der Waals surface area contributed by atoms with Crippen LogP contribution in [0.4, 0.5) is 0 Å². The van der Waals surface area contributed by atoms with Crippen molar-refractivity contribution in [2.24, 2.45) is 0 Å². The number of furan rings is 1. The van der Waals surface area contributed by atoms with E-state index in [-0.39, 0.29) is 6.61 Å². The molecule has 0 bridgehead atoms. The second kappa shape index (κ2) is 6.67. The van der Waals surface area contributed by atoms with E-state index in [0.29, 0.717) is 6.04 Å². The molecular weight excluding hydrogens is 278 g/mol. The molecule has 1 aliphatic rings. The SMILES string of the molecule is Cc1cc(-c2nccn2CCN2CCCC[C@@H]2CO)oc1C. The van der Waals surface area contributed by atoms with Gasteiger partial charge in [-0.25, -0.2) is 4.98 Å². The van der Waals surface area contributed by atoms with E-state index in [0.717, 1.165) is 49.0 Å². The smallest absolute Gasteiger partial charge is 0.176 e. The normalized spacial score (nSPS) is 19.7. The Bertz CT molecular complexity index is 598. The highest BCUT2D eigenvalue weighted by Gasteiger charge is 2.21. The summed E-state index contributed by atoms with van der Waals surface area (Å²) in [5.74, 6) is 2.66. The number of nitrogens with zero attached hydrogens (tertiary/aromatic N) is 3. The Hall–Kier alpha value is -1.59. The van der Waals surface area contributed by atoms with Crippen LogP contribution in [0.15, 0.2) is 22.9 Å². The zero-order valence-electron chi connectivity index (χ0n) is 13.5. The van der Waals surface area contributed by atoms with E-state index in [9.17, 15) is 5.11 Å². The molecule has 5 nitrogen and oxygen atoms in total. The lowest BCUT2D eigenvalue weighted by Gasteiger charge is -2.34. The Labute approximate surface area is 131 Å². The quantitative estimate of drug-likeness (QED) is 0.922. The van der Waals surface area contributed by atoms with Gasteiger partial charge in [0, 0.05) is 31.5 Å². The summed E-state index contributed by atoms with van der Waals surface area (Å²) in [6, 6.07) is 2.36. The van der Waals surface area contributed by atoms with Gasteiger partial charge in [0.1, 0.15) is 5.76 Å². The average molecular weight is 303 g/mol. The summed E-state index contributed by atoms with van der Waals surface area (Å²) in [6.45, 7) is 7.17. The molecule has 0 saturated carbocycles. The summed E-state index contributed by atoms with van der Waals surface area (Å²) in [7, 11) is 0. The summed E-state index contributed by atoms with van der Waals surface area (Å²) in [5.41, 5.74) is 1.15. The Morgan fingerprint density at radius 3 is 2.91 bits per heavy atom. The number of rotatable bonds is 5. The van der Waals surface area contributed by atoms with Gasteiger partial charge < -0.3 is 14.1 Å². The first-order valence-electron chi connectivity index (χ1n) is 8.12. The lowest BCUT2D eigenvalue weighted by Crippen LogP contribution is -2.43. The van der Waals surface area contributed by atoms with E-state index in [4.69, 9.17) is 4.42 Å². The van der Waals surface area contributed by atoms with Crippen LogP contribution in [0.1, 0.15) is 30.6 Å². The van der Waals surface area contributed by atoms with Gasteiger partial charge >= 0.3 is 0 Å². The molecule has 22 heavy (non-hydrogen) atoms. The zero-order valence-corrected chi connectivity index (χ0v) is 13.5. The predicted molar refractivity (Wildman–Crippen MR) is 85.7 cm³/mol. The summed E-state index contributed by atoms with van der Waals surface area (Å²) in [4.78, 5) is 6.84. The topological polar surface area (TPSA) is 54.4 Å². The maximum atomic E-state index is 9.51. The van der Waals surface area contributed by atoms with Crippen molar-refractivity contribution in [3.8, 4) is 11.6 Å². The van der Waals surface area contributed by atoms with Crippen LogP contribution in [0, 0.1) is 13.8 Å². The molecule has 0 unspecified atom stereocenters. The van der Waals surface area contributed by atoms with Gasteiger partial charge in [0.05, 0.1) is 6.61 Å². The van der Waals surface area contributed by atoms with Crippen molar-refractivity contribution in [2.45, 2.75) is 45.7 Å². The van der Waals surface area contributed by atoms with Crippen molar-refractivity contribution in [1.29, 1.82) is 0 Å². The molecule has 1 aliphatic heterocycles. The molecule has 120 valence electrons. The number of aromatic nitrogens is 2. The predicted octanol–water partition coefficient (Wildman–Crippen LogP) is 2.61. The molecule has 0 spiro atoms. The summed E-state index contributed by atoms with van der Waals surface area (Å²) < 4.78 is 7.94. The van der Waals surface area contributed by atoms with E-state index in [2.05, 4.69) is 21.4 Å². The molecule has 3 heterocycles. The fourth-order valence-electron chi connectivity index (χ4n) is 3.20. The third-order valence-corrected chi connectivity index (χ3v) is 4.69. The van der Waals surface area contributed by atoms with Crippen molar-refractivity contribution in [3.63, 3.8) is 0 Å². The van der Waals surface area contributed by atoms with Gasteiger partial charge in [-0.2, -0.15) is 0 Å². The third kappa shape index (κ3) is 3.10. The van der Waals surface area contributed by atoms with Crippen LogP contribution in [0.5, 0.6) is 0 Å². The van der Waals surface area contributed by atoms with Crippen molar-refractivity contribution in [2.75, 3.05) is 19.7 Å². The van der Waals surface area contributed by atoms with E-state index in [1.165, 1.54) is 12.8 Å². The number of piperidine rings is 1. The van der Waals surface area contributed by atoms with Crippen LogP contribution in [-0.4, -0.2) is 45.3 Å². The summed E-state index contributed by atoms with van der Waals surface area (Å²) >= 11 is 0. The Balaban J connectivity index is 1.70. The second-order valence-corrected chi connectivity index (χ2v) is 6.16. The number of aryl methyl sites for hydroxylation is 2. The van der Waals surface area contributed by atoms with Crippen LogP contribution in [0.2, 0.25) is 0 Å². The number of likely N-dealkylation sites (tertiary alicyclic amines) is 1. The Kier molecular flexibility index (Phi) is 4.64. The number of hydrogen-bond acceptors (Lipinski definition) is 4. The van der Waals surface area contributed by atoms with Gasteiger partial charge in [-0.05, 0) is 44.9 Å². The second-order valence-electron chi connectivity index (χ2n) is 6.16. The van der Waals surface area contributed by atoms with Crippen molar-refractivity contribution >= 4 is 0 Å². The van der Waals surface area contributed by atoms with Gasteiger partial charge in [-0.3, -0.25) is 4.90 Å². The maximum Gasteiger partial charge on any atom is 0.176 e. The van der Waals surface area contributed by atoms with Crippen LogP contribution in [0.25, 0.3) is 11.6 Å². The molecular formula is C17H25N3O2. The van der Waals surface area contributed by atoms with E-state index < -0.39 is 0 Å². The number of aliphatic hydroxyl groups excluding tert-OH is 1. The number of imidazole rings is 1. The van der Waals surface area contributed by atoms with Gasteiger partial charge in [0.15, 0.2) is 11.6 Å². The first kappa shape index (κ1) is 15.3. The van der Waals surface area contributed by atoms with E-state index >= 15 is 0 Å². The number of hydrogen-bond donors (Lipinski definition) is 1. The molecule has 2 aromatic rings. The lowest BCUT2D eigenvalue weighted by molar-refractivity contribution is 0.0872. The standard InChI is InChI=1S/C17H25N3O2/c1-13-11-16(22-14(13)2)17-18-6-8-20(17)10-9-19-7-4-3-5-15(19)12-21/h6,8,11,15,21H,3-5,7,9-10,12H2,1-2H3/t15-/m1/s1. The molecule has 1 atom stereocenters. The minimum atomic E-state index is 0.257. The minimum Gasteiger partial charge on any atom is -0.458 e. The minimum absolute atomic E-state index is 0.257. The first-order valence-corrected chi connectivity index (χ1v) is 8.12. The highest BCUT2D eigenvalue weighted by molar-refractivity contribution is 5.50. The molecule has 5 heteroatoms. The molecule has 3 rings (SSSR count). The summed E-state index contributed by atoms with van der Waals surface area (Å²) in [5, 5.41) is 9.51. The van der Waals surface area contributed by atoms with Crippen LogP contribution in [-0.2, 0) is 6.54 Å². The molecule has 1 fully saturated rings. The van der Waals surface area contributed by atoms with Crippen LogP contribution >= 0.6 is 0 Å².